The maximum atomic E-state index is 10.8. The summed E-state index contributed by atoms with van der Waals surface area (Å²) in [5.74, 6) is 0. The van der Waals surface area contributed by atoms with Crippen LogP contribution in [0.25, 0.3) is 0 Å². The standard InChI is InChI=1S/C10H8Br4N2O4/c11-7(9(13)15(17)18)5-2-1-3-6(4-5)8(12)10(14)16(19)20/h1-4,7-10H/t7-,8-,9-,10+/m0/s1. The largest absolute Gasteiger partial charge is 0.282 e. The van der Waals surface area contributed by atoms with E-state index in [1.54, 1.807) is 24.3 Å². The molecule has 0 radical (unpaired) electrons. The Kier molecular flexibility index (Phi) is 7.02. The molecule has 0 spiro atoms. The van der Waals surface area contributed by atoms with Crippen LogP contribution < -0.4 is 0 Å². The van der Waals surface area contributed by atoms with Crippen molar-refractivity contribution >= 4 is 63.7 Å². The molecule has 0 N–H and O–H groups in total. The minimum atomic E-state index is -0.984. The van der Waals surface area contributed by atoms with Crippen LogP contribution in [0.5, 0.6) is 0 Å². The molecule has 0 aliphatic carbocycles. The molecule has 0 aromatic heterocycles. The van der Waals surface area contributed by atoms with Crippen molar-refractivity contribution in [2.24, 2.45) is 0 Å². The summed E-state index contributed by atoms with van der Waals surface area (Å²) in [6, 6.07) is 6.83. The van der Waals surface area contributed by atoms with Gasteiger partial charge in [-0.2, -0.15) is 0 Å². The van der Waals surface area contributed by atoms with Gasteiger partial charge < -0.3 is 0 Å². The maximum Gasteiger partial charge on any atom is 0.282 e. The lowest BCUT2D eigenvalue weighted by molar-refractivity contribution is -0.492. The number of halogens is 4. The summed E-state index contributed by atoms with van der Waals surface area (Å²) < 4.78 is 0. The van der Waals surface area contributed by atoms with Gasteiger partial charge in [0, 0.05) is 9.85 Å². The molecule has 1 aromatic rings. The van der Waals surface area contributed by atoms with Gasteiger partial charge in [0.05, 0.1) is 0 Å². The van der Waals surface area contributed by atoms with Crippen LogP contribution in [-0.2, 0) is 0 Å². The first-order valence-electron chi connectivity index (χ1n) is 5.18. The Labute approximate surface area is 148 Å². The highest BCUT2D eigenvalue weighted by molar-refractivity contribution is 9.12. The predicted molar refractivity (Wildman–Crippen MR) is 89.2 cm³/mol. The van der Waals surface area contributed by atoms with Gasteiger partial charge in [-0.15, -0.1) is 0 Å². The summed E-state index contributed by atoms with van der Waals surface area (Å²) in [7, 11) is 0. The number of nitro groups is 2. The second-order valence-corrected chi connectivity index (χ2v) is 7.64. The molecule has 0 aliphatic heterocycles. The third-order valence-electron chi connectivity index (χ3n) is 2.43. The van der Waals surface area contributed by atoms with Gasteiger partial charge in [0.1, 0.15) is 9.65 Å². The van der Waals surface area contributed by atoms with Crippen molar-refractivity contribution in [3.05, 3.63) is 55.6 Å². The van der Waals surface area contributed by atoms with Gasteiger partial charge in [0.15, 0.2) is 0 Å². The molecule has 0 saturated heterocycles. The molecule has 10 heteroatoms. The third-order valence-corrected chi connectivity index (χ3v) is 7.64. The van der Waals surface area contributed by atoms with Crippen LogP contribution in [0.2, 0.25) is 0 Å². The number of benzene rings is 1. The van der Waals surface area contributed by atoms with Gasteiger partial charge >= 0.3 is 0 Å². The van der Waals surface area contributed by atoms with E-state index in [1.165, 1.54) is 0 Å². The Hall–Kier alpha value is -0.0600. The van der Waals surface area contributed by atoms with E-state index >= 15 is 0 Å². The van der Waals surface area contributed by atoms with Crippen molar-refractivity contribution in [1.82, 2.24) is 0 Å². The molecule has 0 heterocycles. The van der Waals surface area contributed by atoms with Crippen molar-refractivity contribution in [3.63, 3.8) is 0 Å². The minimum absolute atomic E-state index is 0.456. The first-order valence-corrected chi connectivity index (χ1v) is 8.85. The number of hydrogen-bond acceptors (Lipinski definition) is 4. The smallest absolute Gasteiger partial charge is 0.263 e. The van der Waals surface area contributed by atoms with Gasteiger partial charge in [0.2, 0.25) is 0 Å². The summed E-state index contributed by atoms with van der Waals surface area (Å²) in [6.07, 6.45) is 0. The first-order chi connectivity index (χ1) is 9.25. The second kappa shape index (κ2) is 7.81. The van der Waals surface area contributed by atoms with E-state index in [0.29, 0.717) is 11.1 Å². The number of hydrogen-bond donors (Lipinski definition) is 0. The van der Waals surface area contributed by atoms with Crippen LogP contribution >= 0.6 is 63.7 Å². The molecule has 1 aromatic carbocycles. The molecule has 0 amide bonds. The van der Waals surface area contributed by atoms with E-state index in [0.717, 1.165) is 0 Å². The van der Waals surface area contributed by atoms with Gasteiger partial charge in [-0.3, -0.25) is 20.2 Å². The van der Waals surface area contributed by atoms with E-state index < -0.39 is 29.4 Å². The van der Waals surface area contributed by atoms with E-state index in [1.807, 2.05) is 0 Å². The Balaban J connectivity index is 3.01. The minimum Gasteiger partial charge on any atom is -0.263 e. The Morgan fingerprint density at radius 2 is 1.20 bits per heavy atom. The summed E-state index contributed by atoms with van der Waals surface area (Å²) in [5, 5.41) is 21.5. The summed E-state index contributed by atoms with van der Waals surface area (Å²) in [4.78, 5) is 17.5. The number of nitrogens with zero attached hydrogens (tertiary/aromatic N) is 2. The normalized spacial score (nSPS) is 17.0. The van der Waals surface area contributed by atoms with Crippen LogP contribution in [0.1, 0.15) is 20.8 Å². The third kappa shape index (κ3) is 4.47. The Bertz CT molecular complexity index is 475. The van der Waals surface area contributed by atoms with Gasteiger partial charge in [-0.1, -0.05) is 56.1 Å². The van der Waals surface area contributed by atoms with Gasteiger partial charge in [-0.25, -0.2) is 0 Å². The monoisotopic (exact) mass is 536 g/mol. The van der Waals surface area contributed by atoms with E-state index in [-0.39, 0.29) is 0 Å². The van der Waals surface area contributed by atoms with Crippen molar-refractivity contribution in [3.8, 4) is 0 Å². The first kappa shape index (κ1) is 18.0. The molecule has 0 unspecified atom stereocenters. The number of rotatable bonds is 6. The fourth-order valence-electron chi connectivity index (χ4n) is 1.43. The lowest BCUT2D eigenvalue weighted by Crippen LogP contribution is -2.19. The van der Waals surface area contributed by atoms with E-state index in [9.17, 15) is 20.2 Å². The van der Waals surface area contributed by atoms with Crippen molar-refractivity contribution < 1.29 is 9.85 Å². The molecular weight excluding hydrogens is 532 g/mol. The van der Waals surface area contributed by atoms with E-state index in [2.05, 4.69) is 63.7 Å². The highest BCUT2D eigenvalue weighted by Gasteiger charge is 2.30. The van der Waals surface area contributed by atoms with Crippen molar-refractivity contribution in [1.29, 1.82) is 0 Å². The molecule has 110 valence electrons. The Morgan fingerprint density at radius 3 is 1.50 bits per heavy atom. The summed E-state index contributed by atoms with van der Waals surface area (Å²) in [5.41, 5.74) is 1.32. The molecular formula is C10H8Br4N2O4. The average Bonchev–Trinajstić information content (AvgIpc) is 2.43. The van der Waals surface area contributed by atoms with Crippen molar-refractivity contribution in [2.75, 3.05) is 0 Å². The summed E-state index contributed by atoms with van der Waals surface area (Å²) in [6.45, 7) is 0. The fourth-order valence-corrected chi connectivity index (χ4v) is 3.00. The van der Waals surface area contributed by atoms with Crippen LogP contribution in [0, 0.1) is 20.2 Å². The SMILES string of the molecule is O=[N+]([O-])[C@H](Br)[C@@H](Br)c1cccc([C@H](Br)[C@H](Br)[N+](=O)[O-])c1. The molecule has 0 saturated carbocycles. The second-order valence-electron chi connectivity index (χ2n) is 3.79. The lowest BCUT2D eigenvalue weighted by atomic mass is 10.1. The molecule has 0 aliphatic rings. The molecule has 20 heavy (non-hydrogen) atoms. The topological polar surface area (TPSA) is 86.3 Å². The molecule has 0 fully saturated rings. The quantitative estimate of drug-likeness (QED) is 0.230. The van der Waals surface area contributed by atoms with Crippen LogP contribution in [0.15, 0.2) is 24.3 Å². The zero-order chi connectivity index (χ0) is 15.4. The molecule has 4 atom stereocenters. The van der Waals surface area contributed by atoms with Gasteiger partial charge in [-0.05, 0) is 43.0 Å². The molecule has 0 bridgehead atoms. The highest BCUT2D eigenvalue weighted by Crippen LogP contribution is 2.36. The number of alkyl halides is 4. The van der Waals surface area contributed by atoms with Crippen LogP contribution in [0.3, 0.4) is 0 Å². The predicted octanol–water partition coefficient (Wildman–Crippen LogP) is 4.55. The van der Waals surface area contributed by atoms with Crippen LogP contribution in [0.4, 0.5) is 0 Å². The van der Waals surface area contributed by atoms with E-state index in [4.69, 9.17) is 0 Å². The zero-order valence-electron chi connectivity index (χ0n) is 9.66. The van der Waals surface area contributed by atoms with Crippen molar-refractivity contribution in [2.45, 2.75) is 19.6 Å². The zero-order valence-corrected chi connectivity index (χ0v) is 16.0. The fraction of sp³-hybridized carbons (Fsp3) is 0.400. The Morgan fingerprint density at radius 1 is 0.850 bits per heavy atom. The highest BCUT2D eigenvalue weighted by atomic mass is 79.9. The van der Waals surface area contributed by atoms with Gasteiger partial charge in [0.25, 0.3) is 9.90 Å². The average molecular weight is 540 g/mol. The lowest BCUT2D eigenvalue weighted by Gasteiger charge is -2.15. The molecule has 6 nitrogen and oxygen atoms in total. The van der Waals surface area contributed by atoms with Crippen LogP contribution in [-0.4, -0.2) is 19.7 Å². The molecule has 1 rings (SSSR count). The maximum absolute atomic E-state index is 10.8. The summed E-state index contributed by atoms with van der Waals surface area (Å²) >= 11 is 12.5.